The van der Waals surface area contributed by atoms with Crippen LogP contribution < -0.4 is 0 Å². The number of oxazole rings is 1. The summed E-state index contributed by atoms with van der Waals surface area (Å²) >= 11 is 0. The second-order valence-corrected chi connectivity index (χ2v) is 7.26. The molecule has 0 saturated heterocycles. The smallest absolute Gasteiger partial charge is 0.268 e. The van der Waals surface area contributed by atoms with Crippen LogP contribution in [0, 0.1) is 0 Å². The van der Waals surface area contributed by atoms with Gasteiger partial charge in [0.2, 0.25) is 5.89 Å². The van der Waals surface area contributed by atoms with Gasteiger partial charge < -0.3 is 4.42 Å². The average Bonchev–Trinajstić information content (AvgIpc) is 3.27. The molecule has 25 heavy (non-hydrogen) atoms. The van der Waals surface area contributed by atoms with Crippen molar-refractivity contribution in [3.8, 4) is 11.3 Å². The number of rotatable bonds is 4. The maximum Gasteiger partial charge on any atom is 0.268 e. The molecule has 4 rings (SSSR count). The van der Waals surface area contributed by atoms with E-state index in [0.29, 0.717) is 22.7 Å². The summed E-state index contributed by atoms with van der Waals surface area (Å²) in [5.74, 6) is 0.387. The van der Waals surface area contributed by atoms with Crippen molar-refractivity contribution in [1.82, 2.24) is 8.96 Å². The van der Waals surface area contributed by atoms with Crippen LogP contribution in [0.4, 0.5) is 0 Å². The minimum atomic E-state index is -3.71. The lowest BCUT2D eigenvalue weighted by molar-refractivity contribution is 0.547. The summed E-state index contributed by atoms with van der Waals surface area (Å²) in [6.07, 6.45) is 4.58. The topological polar surface area (TPSA) is 65.1 Å². The van der Waals surface area contributed by atoms with Crippen LogP contribution in [0.2, 0.25) is 0 Å². The van der Waals surface area contributed by atoms with Crippen molar-refractivity contribution in [3.63, 3.8) is 0 Å². The van der Waals surface area contributed by atoms with Gasteiger partial charge in [-0.1, -0.05) is 43.0 Å². The molecule has 6 heteroatoms. The lowest BCUT2D eigenvalue weighted by Crippen LogP contribution is -2.11. The highest BCUT2D eigenvalue weighted by molar-refractivity contribution is 7.90. The van der Waals surface area contributed by atoms with Gasteiger partial charge in [-0.15, -0.1) is 0 Å². The van der Waals surface area contributed by atoms with E-state index in [9.17, 15) is 8.42 Å². The van der Waals surface area contributed by atoms with Gasteiger partial charge in [-0.2, -0.15) is 0 Å². The van der Waals surface area contributed by atoms with Gasteiger partial charge in [0.1, 0.15) is 12.0 Å². The highest BCUT2D eigenvalue weighted by Crippen LogP contribution is 2.32. The second kappa shape index (κ2) is 5.75. The Labute approximate surface area is 144 Å². The SMILES string of the molecule is C=Cc1nc(-c2cn(S(=O)(=O)c3ccccc3)c3ccccc23)co1. The largest absolute Gasteiger partial charge is 0.444 e. The highest BCUT2D eigenvalue weighted by atomic mass is 32.2. The Bertz CT molecular complexity index is 1170. The van der Waals surface area contributed by atoms with E-state index in [4.69, 9.17) is 4.42 Å². The van der Waals surface area contributed by atoms with E-state index in [0.717, 1.165) is 5.39 Å². The highest BCUT2D eigenvalue weighted by Gasteiger charge is 2.22. The van der Waals surface area contributed by atoms with Gasteiger partial charge in [0, 0.05) is 17.1 Å². The first kappa shape index (κ1) is 15.4. The Morgan fingerprint density at radius 2 is 1.76 bits per heavy atom. The summed E-state index contributed by atoms with van der Waals surface area (Å²) in [7, 11) is -3.71. The number of para-hydroxylation sites is 1. The Hall–Kier alpha value is -3.12. The number of hydrogen-bond acceptors (Lipinski definition) is 4. The fraction of sp³-hybridized carbons (Fsp3) is 0. The molecule has 0 spiro atoms. The third-order valence-electron chi connectivity index (χ3n) is 3.95. The van der Waals surface area contributed by atoms with E-state index >= 15 is 0 Å². The fourth-order valence-corrected chi connectivity index (χ4v) is 4.15. The molecule has 0 unspecified atom stereocenters. The van der Waals surface area contributed by atoms with Crippen molar-refractivity contribution in [2.45, 2.75) is 4.90 Å². The van der Waals surface area contributed by atoms with Gasteiger partial charge in [-0.25, -0.2) is 17.4 Å². The Kier molecular flexibility index (Phi) is 3.54. The predicted octanol–water partition coefficient (Wildman–Crippen LogP) is 4.18. The van der Waals surface area contributed by atoms with Crippen LogP contribution in [0.15, 0.2) is 82.9 Å². The lowest BCUT2D eigenvalue weighted by Gasteiger charge is -2.07. The van der Waals surface area contributed by atoms with Crippen molar-refractivity contribution in [3.05, 3.63) is 79.5 Å². The zero-order valence-corrected chi connectivity index (χ0v) is 14.0. The van der Waals surface area contributed by atoms with Crippen LogP contribution in [0.3, 0.4) is 0 Å². The third kappa shape index (κ3) is 2.47. The number of aromatic nitrogens is 2. The molecule has 5 nitrogen and oxygen atoms in total. The van der Waals surface area contributed by atoms with Crippen molar-refractivity contribution < 1.29 is 12.8 Å². The fourth-order valence-electron chi connectivity index (χ4n) is 2.76. The quantitative estimate of drug-likeness (QED) is 0.554. The minimum absolute atomic E-state index is 0.231. The molecule has 124 valence electrons. The lowest BCUT2D eigenvalue weighted by atomic mass is 10.1. The summed E-state index contributed by atoms with van der Waals surface area (Å²) in [5, 5.41) is 0.783. The number of hydrogen-bond donors (Lipinski definition) is 0. The van der Waals surface area contributed by atoms with Gasteiger partial charge in [-0.3, -0.25) is 0 Å². The van der Waals surface area contributed by atoms with E-state index in [1.165, 1.54) is 16.3 Å². The molecule has 0 amide bonds. The molecule has 2 heterocycles. The van der Waals surface area contributed by atoms with Crippen molar-refractivity contribution in [2.24, 2.45) is 0 Å². The summed E-state index contributed by atoms with van der Waals surface area (Å²) < 4.78 is 32.7. The average molecular weight is 350 g/mol. The molecule has 4 aromatic rings. The van der Waals surface area contributed by atoms with Gasteiger partial charge >= 0.3 is 0 Å². The van der Waals surface area contributed by atoms with Crippen molar-refractivity contribution in [2.75, 3.05) is 0 Å². The molecule has 0 fully saturated rings. The predicted molar refractivity (Wildman–Crippen MR) is 96.6 cm³/mol. The molecule has 0 aliphatic heterocycles. The molecule has 0 aliphatic rings. The van der Waals surface area contributed by atoms with E-state index < -0.39 is 10.0 Å². The van der Waals surface area contributed by atoms with Crippen LogP contribution >= 0.6 is 0 Å². The molecule has 0 atom stereocenters. The van der Waals surface area contributed by atoms with Gasteiger partial charge in [0.25, 0.3) is 10.0 Å². The van der Waals surface area contributed by atoms with E-state index in [-0.39, 0.29) is 4.90 Å². The Morgan fingerprint density at radius 1 is 1.04 bits per heavy atom. The van der Waals surface area contributed by atoms with Crippen LogP contribution in [0.1, 0.15) is 5.89 Å². The maximum absolute atomic E-state index is 13.1. The molecular weight excluding hydrogens is 336 g/mol. The first-order valence-corrected chi connectivity index (χ1v) is 9.04. The Morgan fingerprint density at radius 3 is 2.48 bits per heavy atom. The second-order valence-electron chi connectivity index (χ2n) is 5.45. The first-order valence-electron chi connectivity index (χ1n) is 7.60. The first-order chi connectivity index (χ1) is 12.1. The summed E-state index contributed by atoms with van der Waals surface area (Å²) in [5.41, 5.74) is 1.84. The van der Waals surface area contributed by atoms with Gasteiger partial charge in [-0.05, 0) is 24.3 Å². The van der Waals surface area contributed by atoms with Crippen molar-refractivity contribution >= 4 is 27.0 Å². The van der Waals surface area contributed by atoms with E-state index in [1.807, 2.05) is 12.1 Å². The summed E-state index contributed by atoms with van der Waals surface area (Å²) in [6.45, 7) is 3.63. The molecule has 0 N–H and O–H groups in total. The molecule has 0 saturated carbocycles. The molecule has 2 aromatic carbocycles. The van der Waals surface area contributed by atoms with Crippen LogP contribution in [-0.4, -0.2) is 17.4 Å². The Balaban J connectivity index is 1.99. The number of benzene rings is 2. The van der Waals surface area contributed by atoms with Gasteiger partial charge in [0.15, 0.2) is 0 Å². The standard InChI is InChI=1S/C19H14N2O3S/c1-2-19-20-17(13-24-19)16-12-21(18-11-7-6-10-15(16)18)25(22,23)14-8-4-3-5-9-14/h2-13H,1H2. The number of fused-ring (bicyclic) bond motifs is 1. The number of nitrogens with zero attached hydrogens (tertiary/aromatic N) is 2. The van der Waals surface area contributed by atoms with Gasteiger partial charge in [0.05, 0.1) is 10.4 Å². The molecule has 2 aromatic heterocycles. The summed E-state index contributed by atoms with van der Waals surface area (Å²) in [4.78, 5) is 4.56. The van der Waals surface area contributed by atoms with E-state index in [1.54, 1.807) is 48.7 Å². The molecular formula is C19H14N2O3S. The van der Waals surface area contributed by atoms with E-state index in [2.05, 4.69) is 11.6 Å². The summed E-state index contributed by atoms with van der Waals surface area (Å²) in [6, 6.07) is 15.6. The maximum atomic E-state index is 13.1. The normalized spacial score (nSPS) is 11.7. The zero-order chi connectivity index (χ0) is 17.4. The third-order valence-corrected chi connectivity index (χ3v) is 5.64. The minimum Gasteiger partial charge on any atom is -0.444 e. The van der Waals surface area contributed by atoms with Crippen LogP contribution in [0.5, 0.6) is 0 Å². The molecule has 0 radical (unpaired) electrons. The molecule has 0 bridgehead atoms. The monoisotopic (exact) mass is 350 g/mol. The van der Waals surface area contributed by atoms with Crippen LogP contribution in [-0.2, 0) is 10.0 Å². The van der Waals surface area contributed by atoms with Crippen molar-refractivity contribution in [1.29, 1.82) is 0 Å². The van der Waals surface area contributed by atoms with Crippen LogP contribution in [0.25, 0.3) is 28.2 Å². The zero-order valence-electron chi connectivity index (χ0n) is 13.2. The molecule has 0 aliphatic carbocycles.